The van der Waals surface area contributed by atoms with Gasteiger partial charge in [-0.05, 0) is 12.1 Å². The number of piperazine rings is 1. The van der Waals surface area contributed by atoms with E-state index in [-0.39, 0.29) is 12.5 Å². The van der Waals surface area contributed by atoms with Gasteiger partial charge in [-0.25, -0.2) is 19.7 Å². The highest BCUT2D eigenvalue weighted by molar-refractivity contribution is 5.83. The molecule has 2 aromatic heterocycles. The maximum absolute atomic E-state index is 12.4. The summed E-state index contributed by atoms with van der Waals surface area (Å²) in [5.41, 5.74) is 0. The second-order valence-corrected chi connectivity index (χ2v) is 6.51. The second-order valence-electron chi connectivity index (χ2n) is 6.51. The average molecular weight is 383 g/mol. The van der Waals surface area contributed by atoms with Crippen LogP contribution < -0.4 is 10.2 Å². The fourth-order valence-corrected chi connectivity index (χ4v) is 3.17. The van der Waals surface area contributed by atoms with Crippen molar-refractivity contribution in [3.8, 4) is 0 Å². The summed E-state index contributed by atoms with van der Waals surface area (Å²) in [7, 11) is 0. The number of hydrogen-bond donors (Lipinski definition) is 1. The molecule has 10 heteroatoms. The predicted octanol–water partition coefficient (Wildman–Crippen LogP) is 0.716. The van der Waals surface area contributed by atoms with Gasteiger partial charge in [0.25, 0.3) is 0 Å². The van der Waals surface area contributed by atoms with Crippen LogP contribution in [0, 0.1) is 0 Å². The number of ether oxygens (including phenoxy) is 1. The van der Waals surface area contributed by atoms with Crippen LogP contribution in [-0.2, 0) is 9.53 Å². The second kappa shape index (κ2) is 8.07. The van der Waals surface area contributed by atoms with E-state index in [1.165, 1.54) is 11.2 Å². The molecule has 10 nitrogen and oxygen atoms in total. The van der Waals surface area contributed by atoms with Crippen LogP contribution in [0.2, 0.25) is 0 Å². The van der Waals surface area contributed by atoms with Crippen molar-refractivity contribution in [1.29, 1.82) is 0 Å². The highest BCUT2D eigenvalue weighted by Gasteiger charge is 2.28. The monoisotopic (exact) mass is 383 g/mol. The first-order chi connectivity index (χ1) is 13.7. The molecular weight excluding hydrogens is 362 g/mol. The number of aromatic nitrogens is 3. The van der Waals surface area contributed by atoms with Gasteiger partial charge in [-0.15, -0.1) is 0 Å². The number of pyridine rings is 1. The third kappa shape index (κ3) is 4.11. The van der Waals surface area contributed by atoms with Gasteiger partial charge in [-0.1, -0.05) is 6.07 Å². The zero-order valence-electron chi connectivity index (χ0n) is 15.3. The average Bonchev–Trinajstić information content (AvgIpc) is 3.13. The van der Waals surface area contributed by atoms with Gasteiger partial charge in [-0.3, -0.25) is 9.69 Å². The Morgan fingerprint density at radius 3 is 2.64 bits per heavy atom. The molecule has 0 unspecified atom stereocenters. The van der Waals surface area contributed by atoms with E-state index in [4.69, 9.17) is 4.74 Å². The first-order valence-electron chi connectivity index (χ1n) is 9.13. The Hall–Kier alpha value is -3.43. The summed E-state index contributed by atoms with van der Waals surface area (Å²) in [6, 6.07) is 7.48. The summed E-state index contributed by atoms with van der Waals surface area (Å²) in [6.45, 7) is 3.38. The third-order valence-electron chi connectivity index (χ3n) is 4.70. The highest BCUT2D eigenvalue weighted by atomic mass is 16.6. The molecule has 2 aliphatic rings. The zero-order chi connectivity index (χ0) is 19.3. The lowest BCUT2D eigenvalue weighted by Crippen LogP contribution is -2.51. The normalized spacial score (nSPS) is 16.9. The van der Waals surface area contributed by atoms with Crippen molar-refractivity contribution in [3.63, 3.8) is 0 Å². The maximum atomic E-state index is 12.4. The van der Waals surface area contributed by atoms with Crippen LogP contribution in [0.3, 0.4) is 0 Å². The first-order valence-corrected chi connectivity index (χ1v) is 9.13. The molecule has 0 spiro atoms. The van der Waals surface area contributed by atoms with Gasteiger partial charge >= 0.3 is 6.09 Å². The standard InChI is InChI=1S/C18H21N7O3/c26-17(12-25-9-10-28-18(25)27)24-7-5-23(6-8-24)16-11-15(20-13-21-16)22-14-3-1-2-4-19-14/h1-4,11,13H,5-10,12H2,(H,19,20,21,22). The van der Waals surface area contributed by atoms with E-state index >= 15 is 0 Å². The lowest BCUT2D eigenvalue weighted by molar-refractivity contribution is -0.132. The molecule has 0 bridgehead atoms. The number of rotatable bonds is 5. The first kappa shape index (κ1) is 18.0. The molecule has 2 amide bonds. The van der Waals surface area contributed by atoms with Crippen LogP contribution in [0.15, 0.2) is 36.8 Å². The van der Waals surface area contributed by atoms with Crippen molar-refractivity contribution in [1.82, 2.24) is 24.8 Å². The van der Waals surface area contributed by atoms with E-state index in [9.17, 15) is 9.59 Å². The molecule has 28 heavy (non-hydrogen) atoms. The fourth-order valence-electron chi connectivity index (χ4n) is 3.17. The molecule has 2 saturated heterocycles. The van der Waals surface area contributed by atoms with Crippen LogP contribution in [0.4, 0.5) is 22.2 Å². The number of nitrogens with one attached hydrogen (secondary N) is 1. The smallest absolute Gasteiger partial charge is 0.410 e. The SMILES string of the molecule is O=C(CN1CCOC1=O)N1CCN(c2cc(Nc3ccccn3)ncn2)CC1. The van der Waals surface area contributed by atoms with Gasteiger partial charge in [0.1, 0.15) is 36.9 Å². The van der Waals surface area contributed by atoms with Crippen molar-refractivity contribution in [2.24, 2.45) is 0 Å². The Morgan fingerprint density at radius 1 is 1.07 bits per heavy atom. The molecule has 0 aliphatic carbocycles. The number of carbonyl (C=O) groups is 2. The molecule has 0 aromatic carbocycles. The van der Waals surface area contributed by atoms with Crippen molar-refractivity contribution >= 4 is 29.5 Å². The number of amides is 2. The van der Waals surface area contributed by atoms with E-state index in [1.54, 1.807) is 11.1 Å². The fraction of sp³-hybridized carbons (Fsp3) is 0.389. The molecule has 0 atom stereocenters. The third-order valence-corrected chi connectivity index (χ3v) is 4.70. The van der Waals surface area contributed by atoms with Crippen molar-refractivity contribution in [3.05, 3.63) is 36.8 Å². The zero-order valence-corrected chi connectivity index (χ0v) is 15.3. The minimum absolute atomic E-state index is 0.0568. The van der Waals surface area contributed by atoms with E-state index in [1.807, 2.05) is 24.3 Å². The van der Waals surface area contributed by atoms with Crippen LogP contribution in [0.5, 0.6) is 0 Å². The Balaban J connectivity index is 1.33. The highest BCUT2D eigenvalue weighted by Crippen LogP contribution is 2.18. The summed E-state index contributed by atoms with van der Waals surface area (Å²) in [4.78, 5) is 42.0. The molecule has 4 heterocycles. The molecule has 0 radical (unpaired) electrons. The molecule has 2 aliphatic heterocycles. The van der Waals surface area contributed by atoms with Crippen LogP contribution in [-0.4, -0.2) is 82.6 Å². The van der Waals surface area contributed by atoms with Crippen LogP contribution in [0.1, 0.15) is 0 Å². The number of hydrogen-bond acceptors (Lipinski definition) is 8. The van der Waals surface area contributed by atoms with E-state index in [0.717, 1.165) is 5.82 Å². The molecule has 4 rings (SSSR count). The lowest BCUT2D eigenvalue weighted by Gasteiger charge is -2.35. The molecule has 0 saturated carbocycles. The van der Waals surface area contributed by atoms with Gasteiger partial charge < -0.3 is 19.9 Å². The summed E-state index contributed by atoms with van der Waals surface area (Å²) < 4.78 is 4.87. The number of cyclic esters (lactones) is 1. The van der Waals surface area contributed by atoms with E-state index < -0.39 is 6.09 Å². The summed E-state index contributed by atoms with van der Waals surface area (Å²) >= 11 is 0. The Kier molecular flexibility index (Phi) is 5.18. The van der Waals surface area contributed by atoms with E-state index in [2.05, 4.69) is 25.2 Å². The van der Waals surface area contributed by atoms with Gasteiger partial charge in [0.05, 0.1) is 6.54 Å². The number of anilines is 3. The van der Waals surface area contributed by atoms with Crippen molar-refractivity contribution < 1.29 is 14.3 Å². The predicted molar refractivity (Wildman–Crippen MR) is 101 cm³/mol. The summed E-state index contributed by atoms with van der Waals surface area (Å²) in [5.74, 6) is 2.11. The summed E-state index contributed by atoms with van der Waals surface area (Å²) in [6.07, 6.45) is 2.81. The lowest BCUT2D eigenvalue weighted by atomic mass is 10.3. The molecule has 1 N–H and O–H groups in total. The minimum atomic E-state index is -0.416. The van der Waals surface area contributed by atoms with E-state index in [0.29, 0.717) is 51.0 Å². The van der Waals surface area contributed by atoms with Crippen LogP contribution >= 0.6 is 0 Å². The largest absolute Gasteiger partial charge is 0.448 e. The quantitative estimate of drug-likeness (QED) is 0.805. The Labute approximate surface area is 162 Å². The molecular formula is C18H21N7O3. The number of nitrogens with zero attached hydrogens (tertiary/aromatic N) is 6. The number of carbonyl (C=O) groups excluding carboxylic acids is 2. The molecule has 2 aromatic rings. The Morgan fingerprint density at radius 2 is 1.93 bits per heavy atom. The van der Waals surface area contributed by atoms with Gasteiger partial charge in [0, 0.05) is 38.4 Å². The topological polar surface area (TPSA) is 104 Å². The Bertz CT molecular complexity index is 840. The van der Waals surface area contributed by atoms with Crippen molar-refractivity contribution in [2.75, 3.05) is 56.1 Å². The van der Waals surface area contributed by atoms with Gasteiger partial charge in [-0.2, -0.15) is 0 Å². The minimum Gasteiger partial charge on any atom is -0.448 e. The van der Waals surface area contributed by atoms with Crippen molar-refractivity contribution in [2.45, 2.75) is 0 Å². The van der Waals surface area contributed by atoms with Gasteiger partial charge in [0.15, 0.2) is 0 Å². The van der Waals surface area contributed by atoms with Gasteiger partial charge in [0.2, 0.25) is 5.91 Å². The molecule has 2 fully saturated rings. The maximum Gasteiger partial charge on any atom is 0.410 e. The summed E-state index contributed by atoms with van der Waals surface area (Å²) in [5, 5.41) is 3.15. The van der Waals surface area contributed by atoms with Crippen LogP contribution in [0.25, 0.3) is 0 Å². The molecule has 146 valence electrons.